The Morgan fingerprint density at radius 1 is 1.29 bits per heavy atom. The monoisotopic (exact) mass is 292 g/mol. The first-order valence-electron chi connectivity index (χ1n) is 6.79. The van der Waals surface area contributed by atoms with Crippen molar-refractivity contribution in [1.29, 1.82) is 0 Å². The number of aromatic nitrogens is 2. The van der Waals surface area contributed by atoms with Gasteiger partial charge in [0.15, 0.2) is 17.3 Å². The van der Waals surface area contributed by atoms with Crippen LogP contribution in [0.15, 0.2) is 12.1 Å². The Kier molecular flexibility index (Phi) is 3.23. The second-order valence-electron chi connectivity index (χ2n) is 5.22. The molecule has 0 unspecified atom stereocenters. The highest BCUT2D eigenvalue weighted by molar-refractivity contribution is 5.87. The van der Waals surface area contributed by atoms with Crippen molar-refractivity contribution in [3.05, 3.63) is 46.3 Å². The molecule has 0 spiro atoms. The van der Waals surface area contributed by atoms with Crippen LogP contribution < -0.4 is 0 Å². The van der Waals surface area contributed by atoms with Crippen LogP contribution >= 0.6 is 0 Å². The molecule has 0 saturated heterocycles. The molecule has 3 rings (SSSR count). The van der Waals surface area contributed by atoms with Crippen molar-refractivity contribution in [2.45, 2.75) is 32.6 Å². The number of fused-ring (bicyclic) bond motifs is 1. The maximum absolute atomic E-state index is 14.3. The van der Waals surface area contributed by atoms with Gasteiger partial charge in [-0.25, -0.2) is 18.3 Å². The number of carboxylic acids is 1. The third-order valence-corrected chi connectivity index (χ3v) is 3.85. The maximum Gasteiger partial charge on any atom is 0.356 e. The van der Waals surface area contributed by atoms with Crippen LogP contribution in [0.25, 0.3) is 5.69 Å². The molecule has 4 nitrogen and oxygen atoms in total. The normalized spacial score (nSPS) is 14.0. The van der Waals surface area contributed by atoms with E-state index in [1.807, 2.05) is 0 Å². The Labute approximate surface area is 120 Å². The smallest absolute Gasteiger partial charge is 0.356 e. The van der Waals surface area contributed by atoms with Crippen LogP contribution in [0.3, 0.4) is 0 Å². The molecule has 0 atom stereocenters. The SMILES string of the molecule is Cc1ccc(F)c(-n2nc(C(=O)O)c3c2CCCC3)c1F. The zero-order valence-corrected chi connectivity index (χ0v) is 11.5. The van der Waals surface area contributed by atoms with Gasteiger partial charge in [-0.15, -0.1) is 0 Å². The summed E-state index contributed by atoms with van der Waals surface area (Å²) in [6.07, 6.45) is 2.86. The number of carbonyl (C=O) groups is 1. The Hall–Kier alpha value is -2.24. The van der Waals surface area contributed by atoms with E-state index in [1.54, 1.807) is 0 Å². The number of carboxylic acid groups (broad SMARTS) is 1. The summed E-state index contributed by atoms with van der Waals surface area (Å²) < 4.78 is 29.5. The van der Waals surface area contributed by atoms with E-state index in [0.717, 1.165) is 17.5 Å². The molecular weight excluding hydrogens is 278 g/mol. The molecule has 2 aromatic rings. The molecule has 6 heteroatoms. The minimum atomic E-state index is -1.17. The van der Waals surface area contributed by atoms with Crippen molar-refractivity contribution in [2.75, 3.05) is 0 Å². The first-order valence-corrected chi connectivity index (χ1v) is 6.79. The molecule has 0 aliphatic heterocycles. The van der Waals surface area contributed by atoms with Crippen molar-refractivity contribution < 1.29 is 18.7 Å². The summed E-state index contributed by atoms with van der Waals surface area (Å²) in [6.45, 7) is 1.53. The van der Waals surface area contributed by atoms with Crippen molar-refractivity contribution in [3.63, 3.8) is 0 Å². The van der Waals surface area contributed by atoms with E-state index in [0.29, 0.717) is 29.7 Å². The second-order valence-corrected chi connectivity index (χ2v) is 5.22. The molecule has 1 aromatic heterocycles. The summed E-state index contributed by atoms with van der Waals surface area (Å²) in [5, 5.41) is 13.2. The number of nitrogens with zero attached hydrogens (tertiary/aromatic N) is 2. The van der Waals surface area contributed by atoms with E-state index in [-0.39, 0.29) is 11.4 Å². The van der Waals surface area contributed by atoms with E-state index in [2.05, 4.69) is 5.10 Å². The molecule has 1 N–H and O–H groups in total. The van der Waals surface area contributed by atoms with Gasteiger partial charge in [-0.1, -0.05) is 6.07 Å². The van der Waals surface area contributed by atoms with Gasteiger partial charge in [0.25, 0.3) is 0 Å². The number of aryl methyl sites for hydroxylation is 1. The predicted molar refractivity (Wildman–Crippen MR) is 71.8 cm³/mol. The lowest BCUT2D eigenvalue weighted by atomic mass is 9.95. The average molecular weight is 292 g/mol. The van der Waals surface area contributed by atoms with Crippen molar-refractivity contribution in [3.8, 4) is 5.69 Å². The highest BCUT2D eigenvalue weighted by Crippen LogP contribution is 2.29. The summed E-state index contributed by atoms with van der Waals surface area (Å²) in [5.74, 6) is -2.62. The fourth-order valence-corrected chi connectivity index (χ4v) is 2.79. The van der Waals surface area contributed by atoms with E-state index < -0.39 is 17.6 Å². The lowest BCUT2D eigenvalue weighted by molar-refractivity contribution is 0.0688. The van der Waals surface area contributed by atoms with Gasteiger partial charge in [0.2, 0.25) is 0 Å². The molecule has 0 bridgehead atoms. The Bertz CT molecular complexity index is 738. The number of halogens is 2. The Morgan fingerprint density at radius 2 is 2.00 bits per heavy atom. The lowest BCUT2D eigenvalue weighted by Crippen LogP contribution is -2.11. The first-order chi connectivity index (χ1) is 10.0. The number of hydrogen-bond donors (Lipinski definition) is 1. The van der Waals surface area contributed by atoms with E-state index in [4.69, 9.17) is 0 Å². The summed E-state index contributed by atoms with van der Waals surface area (Å²) in [6, 6.07) is 2.52. The van der Waals surface area contributed by atoms with Gasteiger partial charge in [0.05, 0.1) is 0 Å². The predicted octanol–water partition coefficient (Wildman–Crippen LogP) is 3.04. The Morgan fingerprint density at radius 3 is 2.71 bits per heavy atom. The average Bonchev–Trinajstić information content (AvgIpc) is 2.84. The molecule has 110 valence electrons. The van der Waals surface area contributed by atoms with Crippen LogP contribution in [0.4, 0.5) is 8.78 Å². The Balaban J connectivity index is 2.29. The van der Waals surface area contributed by atoms with Crippen LogP contribution in [-0.2, 0) is 12.8 Å². The minimum absolute atomic E-state index is 0.106. The van der Waals surface area contributed by atoms with Gasteiger partial charge in [-0.05, 0) is 44.2 Å². The number of benzene rings is 1. The van der Waals surface area contributed by atoms with Crippen LogP contribution in [0.5, 0.6) is 0 Å². The van der Waals surface area contributed by atoms with Gasteiger partial charge in [-0.3, -0.25) is 0 Å². The largest absolute Gasteiger partial charge is 0.476 e. The second kappa shape index (κ2) is 4.95. The zero-order valence-electron chi connectivity index (χ0n) is 11.5. The molecule has 1 aliphatic rings. The maximum atomic E-state index is 14.3. The van der Waals surface area contributed by atoms with E-state index in [9.17, 15) is 18.7 Å². The molecule has 1 heterocycles. The topological polar surface area (TPSA) is 55.1 Å². The summed E-state index contributed by atoms with van der Waals surface area (Å²) in [4.78, 5) is 11.3. The van der Waals surface area contributed by atoms with Gasteiger partial charge >= 0.3 is 5.97 Å². The molecule has 21 heavy (non-hydrogen) atoms. The first kappa shape index (κ1) is 13.7. The molecule has 0 fully saturated rings. The summed E-state index contributed by atoms with van der Waals surface area (Å²) in [7, 11) is 0. The van der Waals surface area contributed by atoms with E-state index >= 15 is 0 Å². The molecular formula is C15H14F2N2O2. The fourth-order valence-electron chi connectivity index (χ4n) is 2.79. The quantitative estimate of drug-likeness (QED) is 0.925. The number of rotatable bonds is 2. The van der Waals surface area contributed by atoms with Crippen LogP contribution in [-0.4, -0.2) is 20.9 Å². The molecule has 0 amide bonds. The van der Waals surface area contributed by atoms with Crippen molar-refractivity contribution in [1.82, 2.24) is 9.78 Å². The van der Waals surface area contributed by atoms with E-state index in [1.165, 1.54) is 19.1 Å². The highest BCUT2D eigenvalue weighted by atomic mass is 19.1. The summed E-state index contributed by atoms with van der Waals surface area (Å²) >= 11 is 0. The van der Waals surface area contributed by atoms with Gasteiger partial charge in [0, 0.05) is 11.3 Å². The third kappa shape index (κ3) is 2.11. The molecule has 1 aromatic carbocycles. The third-order valence-electron chi connectivity index (χ3n) is 3.85. The van der Waals surface area contributed by atoms with Crippen LogP contribution in [0.2, 0.25) is 0 Å². The van der Waals surface area contributed by atoms with Crippen LogP contribution in [0, 0.1) is 18.6 Å². The number of hydrogen-bond acceptors (Lipinski definition) is 2. The van der Waals surface area contributed by atoms with Gasteiger partial charge in [-0.2, -0.15) is 5.10 Å². The standard InChI is InChI=1S/C15H14F2N2O2/c1-8-6-7-10(16)14(12(8)17)19-11-5-3-2-4-9(11)13(18-19)15(20)21/h6-7H,2-5H2,1H3,(H,20,21). The minimum Gasteiger partial charge on any atom is -0.476 e. The molecule has 1 aliphatic carbocycles. The van der Waals surface area contributed by atoms with Gasteiger partial charge in [0.1, 0.15) is 5.69 Å². The van der Waals surface area contributed by atoms with Gasteiger partial charge < -0.3 is 5.11 Å². The highest BCUT2D eigenvalue weighted by Gasteiger charge is 2.27. The zero-order chi connectivity index (χ0) is 15.1. The number of aromatic carboxylic acids is 1. The lowest BCUT2D eigenvalue weighted by Gasteiger charge is -2.15. The van der Waals surface area contributed by atoms with Crippen molar-refractivity contribution in [2.24, 2.45) is 0 Å². The summed E-state index contributed by atoms with van der Waals surface area (Å²) in [5.41, 5.74) is 1.09. The fraction of sp³-hybridized carbons (Fsp3) is 0.333. The van der Waals surface area contributed by atoms with Crippen molar-refractivity contribution >= 4 is 5.97 Å². The molecule has 0 saturated carbocycles. The van der Waals surface area contributed by atoms with Crippen LogP contribution in [0.1, 0.15) is 40.2 Å². The molecule has 0 radical (unpaired) electrons.